The van der Waals surface area contributed by atoms with Crippen molar-refractivity contribution >= 4 is 17.4 Å². The summed E-state index contributed by atoms with van der Waals surface area (Å²) >= 11 is 6.05. The zero-order valence-electron chi connectivity index (χ0n) is 11.4. The third-order valence-electron chi connectivity index (χ3n) is 3.36. The largest absolute Gasteiger partial charge is 0.354 e. The Bertz CT molecular complexity index is 609. The molecule has 1 aromatic heterocycles. The van der Waals surface area contributed by atoms with Gasteiger partial charge in [-0.25, -0.2) is 9.97 Å². The lowest BCUT2D eigenvalue weighted by Crippen LogP contribution is -2.44. The molecular weight excluding hydrogens is 272 g/mol. The van der Waals surface area contributed by atoms with Gasteiger partial charge in [0.1, 0.15) is 5.82 Å². The maximum Gasteiger partial charge on any atom is 0.161 e. The Morgan fingerprint density at radius 3 is 2.70 bits per heavy atom. The first-order chi connectivity index (χ1) is 9.72. The molecule has 3 rings (SSSR count). The summed E-state index contributed by atoms with van der Waals surface area (Å²) in [7, 11) is 0. The van der Waals surface area contributed by atoms with Gasteiger partial charge in [-0.15, -0.1) is 0 Å². The van der Waals surface area contributed by atoms with E-state index in [2.05, 4.69) is 15.2 Å². The van der Waals surface area contributed by atoms with E-state index >= 15 is 0 Å². The fourth-order valence-corrected chi connectivity index (χ4v) is 2.55. The van der Waals surface area contributed by atoms with Crippen LogP contribution in [0.1, 0.15) is 5.69 Å². The lowest BCUT2D eigenvalue weighted by Gasteiger charge is -2.28. The van der Waals surface area contributed by atoms with E-state index in [1.54, 1.807) is 0 Å². The van der Waals surface area contributed by atoms with Crippen molar-refractivity contribution in [2.45, 2.75) is 6.92 Å². The van der Waals surface area contributed by atoms with Crippen molar-refractivity contribution in [1.82, 2.24) is 15.3 Å². The summed E-state index contributed by atoms with van der Waals surface area (Å²) in [6.45, 7) is 5.95. The highest BCUT2D eigenvalue weighted by atomic mass is 35.5. The molecule has 104 valence electrons. The van der Waals surface area contributed by atoms with Gasteiger partial charge in [-0.1, -0.05) is 23.7 Å². The SMILES string of the molecule is Cc1cc(N2CCNCC2)nc(-c2cccc(Cl)c2)n1. The monoisotopic (exact) mass is 288 g/mol. The lowest BCUT2D eigenvalue weighted by molar-refractivity contribution is 0.584. The van der Waals surface area contributed by atoms with Crippen LogP contribution in [0.15, 0.2) is 30.3 Å². The Morgan fingerprint density at radius 2 is 1.95 bits per heavy atom. The molecule has 0 amide bonds. The number of piperazine rings is 1. The van der Waals surface area contributed by atoms with E-state index in [9.17, 15) is 0 Å². The molecule has 4 nitrogen and oxygen atoms in total. The van der Waals surface area contributed by atoms with E-state index in [4.69, 9.17) is 16.6 Å². The second kappa shape index (κ2) is 5.77. The van der Waals surface area contributed by atoms with Crippen LogP contribution in [0, 0.1) is 6.92 Å². The Hall–Kier alpha value is -1.65. The number of aryl methyl sites for hydroxylation is 1. The van der Waals surface area contributed by atoms with Crippen LogP contribution in [0.2, 0.25) is 5.02 Å². The van der Waals surface area contributed by atoms with E-state index in [-0.39, 0.29) is 0 Å². The van der Waals surface area contributed by atoms with Crippen LogP contribution >= 0.6 is 11.6 Å². The topological polar surface area (TPSA) is 41.0 Å². The van der Waals surface area contributed by atoms with Gasteiger partial charge >= 0.3 is 0 Å². The van der Waals surface area contributed by atoms with Crippen molar-refractivity contribution in [1.29, 1.82) is 0 Å². The van der Waals surface area contributed by atoms with Gasteiger partial charge in [-0.05, 0) is 19.1 Å². The molecule has 0 saturated carbocycles. The molecule has 2 aromatic rings. The Labute approximate surface area is 123 Å². The number of hydrogen-bond donors (Lipinski definition) is 1. The predicted octanol–water partition coefficient (Wildman–Crippen LogP) is 2.52. The summed E-state index contributed by atoms with van der Waals surface area (Å²) in [6, 6.07) is 9.71. The predicted molar refractivity (Wildman–Crippen MR) is 82.3 cm³/mol. The number of rotatable bonds is 2. The number of aromatic nitrogens is 2. The maximum atomic E-state index is 6.05. The highest BCUT2D eigenvalue weighted by molar-refractivity contribution is 6.30. The normalized spacial score (nSPS) is 15.4. The van der Waals surface area contributed by atoms with E-state index < -0.39 is 0 Å². The van der Waals surface area contributed by atoms with Gasteiger partial charge in [0, 0.05) is 48.5 Å². The first kappa shape index (κ1) is 13.3. The molecule has 1 saturated heterocycles. The standard InChI is InChI=1S/C15H17ClN4/c1-11-9-14(20-7-5-17-6-8-20)19-15(18-11)12-3-2-4-13(16)10-12/h2-4,9-10,17H,5-8H2,1H3. The minimum Gasteiger partial charge on any atom is -0.354 e. The maximum absolute atomic E-state index is 6.05. The highest BCUT2D eigenvalue weighted by Crippen LogP contribution is 2.22. The zero-order valence-corrected chi connectivity index (χ0v) is 12.2. The van der Waals surface area contributed by atoms with Crippen molar-refractivity contribution in [2.24, 2.45) is 0 Å². The summed E-state index contributed by atoms with van der Waals surface area (Å²) in [6.07, 6.45) is 0. The van der Waals surface area contributed by atoms with Crippen LogP contribution < -0.4 is 10.2 Å². The van der Waals surface area contributed by atoms with Gasteiger partial charge in [-0.2, -0.15) is 0 Å². The van der Waals surface area contributed by atoms with E-state index in [0.29, 0.717) is 5.02 Å². The fourth-order valence-electron chi connectivity index (χ4n) is 2.36. The Balaban J connectivity index is 1.97. The third kappa shape index (κ3) is 2.92. The van der Waals surface area contributed by atoms with Crippen LogP contribution in [0.4, 0.5) is 5.82 Å². The molecule has 0 aliphatic carbocycles. The molecule has 2 heterocycles. The van der Waals surface area contributed by atoms with Gasteiger partial charge in [-0.3, -0.25) is 0 Å². The molecule has 0 radical (unpaired) electrons. The molecule has 1 aromatic carbocycles. The Kier molecular flexibility index (Phi) is 3.85. The third-order valence-corrected chi connectivity index (χ3v) is 3.60. The molecule has 0 spiro atoms. The number of hydrogen-bond acceptors (Lipinski definition) is 4. The quantitative estimate of drug-likeness (QED) is 0.922. The second-order valence-electron chi connectivity index (χ2n) is 4.94. The van der Waals surface area contributed by atoms with Gasteiger partial charge in [0.15, 0.2) is 5.82 Å². The van der Waals surface area contributed by atoms with Crippen molar-refractivity contribution < 1.29 is 0 Å². The molecule has 0 unspecified atom stereocenters. The summed E-state index contributed by atoms with van der Waals surface area (Å²) in [5.74, 6) is 1.73. The van der Waals surface area contributed by atoms with Gasteiger partial charge in [0.05, 0.1) is 0 Å². The smallest absolute Gasteiger partial charge is 0.161 e. The molecule has 1 N–H and O–H groups in total. The number of benzene rings is 1. The number of nitrogens with one attached hydrogen (secondary N) is 1. The summed E-state index contributed by atoms with van der Waals surface area (Å²) in [5, 5.41) is 4.06. The lowest BCUT2D eigenvalue weighted by atomic mass is 10.2. The Morgan fingerprint density at radius 1 is 1.15 bits per heavy atom. The van der Waals surface area contributed by atoms with E-state index in [1.807, 2.05) is 37.3 Å². The molecule has 0 atom stereocenters. The van der Waals surface area contributed by atoms with Crippen LogP contribution in [0.3, 0.4) is 0 Å². The number of halogens is 1. The molecule has 20 heavy (non-hydrogen) atoms. The highest BCUT2D eigenvalue weighted by Gasteiger charge is 2.14. The van der Waals surface area contributed by atoms with Crippen molar-refractivity contribution in [3.63, 3.8) is 0 Å². The van der Waals surface area contributed by atoms with Gasteiger partial charge < -0.3 is 10.2 Å². The van der Waals surface area contributed by atoms with Crippen molar-refractivity contribution in [2.75, 3.05) is 31.1 Å². The van der Waals surface area contributed by atoms with E-state index in [1.165, 1.54) is 0 Å². The molecule has 1 aliphatic rings. The minimum absolute atomic E-state index is 0.705. The average Bonchev–Trinajstić information content (AvgIpc) is 2.47. The van der Waals surface area contributed by atoms with Gasteiger partial charge in [0.25, 0.3) is 0 Å². The summed E-state index contributed by atoms with van der Waals surface area (Å²) in [4.78, 5) is 11.5. The summed E-state index contributed by atoms with van der Waals surface area (Å²) < 4.78 is 0. The summed E-state index contributed by atoms with van der Waals surface area (Å²) in [5.41, 5.74) is 1.93. The number of anilines is 1. The average molecular weight is 289 g/mol. The molecule has 1 aliphatic heterocycles. The first-order valence-corrected chi connectivity index (χ1v) is 7.17. The van der Waals surface area contributed by atoms with Crippen LogP contribution in [-0.2, 0) is 0 Å². The van der Waals surface area contributed by atoms with Gasteiger partial charge in [0.2, 0.25) is 0 Å². The van der Waals surface area contributed by atoms with E-state index in [0.717, 1.165) is 49.1 Å². The van der Waals surface area contributed by atoms with Crippen LogP contribution in [-0.4, -0.2) is 36.1 Å². The molecular formula is C15H17ClN4. The molecule has 5 heteroatoms. The first-order valence-electron chi connectivity index (χ1n) is 6.80. The molecule has 1 fully saturated rings. The van der Waals surface area contributed by atoms with Crippen molar-refractivity contribution in [3.8, 4) is 11.4 Å². The fraction of sp³-hybridized carbons (Fsp3) is 0.333. The minimum atomic E-state index is 0.705. The van der Waals surface area contributed by atoms with Crippen molar-refractivity contribution in [3.05, 3.63) is 41.0 Å². The molecule has 0 bridgehead atoms. The second-order valence-corrected chi connectivity index (χ2v) is 5.37. The van der Waals surface area contributed by atoms with Crippen LogP contribution in [0.25, 0.3) is 11.4 Å². The van der Waals surface area contributed by atoms with Crippen LogP contribution in [0.5, 0.6) is 0 Å². The zero-order chi connectivity index (χ0) is 13.9. The number of nitrogens with zero attached hydrogens (tertiary/aromatic N) is 3.